The van der Waals surface area contributed by atoms with Crippen molar-refractivity contribution in [2.24, 2.45) is 0 Å². The van der Waals surface area contributed by atoms with Gasteiger partial charge in [-0.3, -0.25) is 9.89 Å². The summed E-state index contributed by atoms with van der Waals surface area (Å²) in [5.41, 5.74) is 9.94. The van der Waals surface area contributed by atoms with E-state index in [4.69, 9.17) is 5.73 Å². The summed E-state index contributed by atoms with van der Waals surface area (Å²) in [4.78, 5) is 15.1. The Kier molecular flexibility index (Phi) is 4.15. The second kappa shape index (κ2) is 6.48. The molecule has 3 aromatic rings. The molecule has 1 amide bonds. The molecular weight excluding hydrogens is 324 g/mol. The predicted molar refractivity (Wildman–Crippen MR) is 104 cm³/mol. The molecule has 5 nitrogen and oxygen atoms in total. The number of nitrogens with zero attached hydrogens (tertiary/aromatic N) is 2. The zero-order valence-corrected chi connectivity index (χ0v) is 15.2. The minimum absolute atomic E-state index is 0.0583. The lowest BCUT2D eigenvalue weighted by Crippen LogP contribution is -2.30. The quantitative estimate of drug-likeness (QED) is 0.743. The van der Waals surface area contributed by atoms with Crippen molar-refractivity contribution in [1.82, 2.24) is 15.1 Å². The molecule has 1 aromatic heterocycles. The zero-order chi connectivity index (χ0) is 18.3. The number of hydrogen-bond acceptors (Lipinski definition) is 3. The van der Waals surface area contributed by atoms with Crippen molar-refractivity contribution in [2.75, 3.05) is 12.3 Å². The highest BCUT2D eigenvalue weighted by Gasteiger charge is 2.30. The van der Waals surface area contributed by atoms with Crippen LogP contribution in [0.3, 0.4) is 0 Å². The number of nitrogens with two attached hydrogens (primary N) is 1. The molecule has 1 saturated heterocycles. The van der Waals surface area contributed by atoms with E-state index in [0.29, 0.717) is 17.3 Å². The van der Waals surface area contributed by atoms with Crippen LogP contribution in [0.25, 0.3) is 10.9 Å². The Morgan fingerprint density at radius 3 is 2.73 bits per heavy atom. The van der Waals surface area contributed by atoms with Crippen LogP contribution in [0.1, 0.15) is 60.1 Å². The van der Waals surface area contributed by atoms with Crippen LogP contribution in [0.5, 0.6) is 0 Å². The Morgan fingerprint density at radius 2 is 2.00 bits per heavy atom. The highest BCUT2D eigenvalue weighted by atomic mass is 16.2. The summed E-state index contributed by atoms with van der Waals surface area (Å²) in [5, 5.41) is 7.68. The summed E-state index contributed by atoms with van der Waals surface area (Å²) in [7, 11) is 0. The standard InChI is InChI=1S/C21H24N4O/c1-13(2)14-5-7-15(8-6-14)19-4-3-11-25(19)21(26)16-9-10-18-17(12-16)20(22)24-23-18/h5-10,12-13,19H,3-4,11H2,1-2H3,(H3,22,23,24)/t19-/m1/s1. The van der Waals surface area contributed by atoms with E-state index < -0.39 is 0 Å². The molecule has 0 unspecified atom stereocenters. The van der Waals surface area contributed by atoms with Gasteiger partial charge in [0.05, 0.1) is 11.6 Å². The van der Waals surface area contributed by atoms with Gasteiger partial charge in [0.1, 0.15) is 0 Å². The van der Waals surface area contributed by atoms with E-state index in [2.05, 4.69) is 48.3 Å². The number of aromatic nitrogens is 2. The van der Waals surface area contributed by atoms with E-state index in [-0.39, 0.29) is 11.9 Å². The van der Waals surface area contributed by atoms with E-state index in [9.17, 15) is 4.79 Å². The fourth-order valence-electron chi connectivity index (χ4n) is 3.79. The molecule has 1 aliphatic rings. The van der Waals surface area contributed by atoms with Crippen LogP contribution in [-0.4, -0.2) is 27.5 Å². The molecule has 4 rings (SSSR count). The number of benzene rings is 2. The Hall–Kier alpha value is -2.82. The van der Waals surface area contributed by atoms with Gasteiger partial charge in [-0.05, 0) is 48.1 Å². The van der Waals surface area contributed by atoms with Gasteiger partial charge in [0.15, 0.2) is 5.82 Å². The van der Waals surface area contributed by atoms with Crippen LogP contribution < -0.4 is 5.73 Å². The van der Waals surface area contributed by atoms with E-state index in [1.165, 1.54) is 11.1 Å². The van der Waals surface area contributed by atoms with E-state index >= 15 is 0 Å². The molecule has 5 heteroatoms. The van der Waals surface area contributed by atoms with Crippen LogP contribution >= 0.6 is 0 Å². The number of aromatic amines is 1. The molecule has 1 aliphatic heterocycles. The Balaban J connectivity index is 1.62. The molecule has 134 valence electrons. The molecule has 1 atom stereocenters. The minimum atomic E-state index is 0.0583. The van der Waals surface area contributed by atoms with E-state index in [1.807, 2.05) is 23.1 Å². The van der Waals surface area contributed by atoms with Crippen molar-refractivity contribution in [3.63, 3.8) is 0 Å². The maximum Gasteiger partial charge on any atom is 0.254 e. The fourth-order valence-corrected chi connectivity index (χ4v) is 3.79. The van der Waals surface area contributed by atoms with Crippen molar-refractivity contribution in [2.45, 2.75) is 38.6 Å². The van der Waals surface area contributed by atoms with Crippen LogP contribution in [0.2, 0.25) is 0 Å². The first-order valence-electron chi connectivity index (χ1n) is 9.19. The number of hydrogen-bond donors (Lipinski definition) is 2. The first-order chi connectivity index (χ1) is 12.5. The average Bonchev–Trinajstić information content (AvgIpc) is 3.28. The normalized spacial score (nSPS) is 17.3. The largest absolute Gasteiger partial charge is 0.382 e. The maximum atomic E-state index is 13.1. The lowest BCUT2D eigenvalue weighted by Gasteiger charge is -2.25. The maximum absolute atomic E-state index is 13.1. The first-order valence-corrected chi connectivity index (χ1v) is 9.19. The van der Waals surface area contributed by atoms with Gasteiger partial charge in [0.2, 0.25) is 0 Å². The lowest BCUT2D eigenvalue weighted by atomic mass is 9.98. The van der Waals surface area contributed by atoms with Crippen LogP contribution in [0.4, 0.5) is 5.82 Å². The van der Waals surface area contributed by atoms with E-state index in [1.54, 1.807) is 0 Å². The summed E-state index contributed by atoms with van der Waals surface area (Å²) in [5.74, 6) is 0.998. The third kappa shape index (κ3) is 2.83. The fraction of sp³-hybridized carbons (Fsp3) is 0.333. The van der Waals surface area contributed by atoms with Gasteiger partial charge < -0.3 is 10.6 Å². The first kappa shape index (κ1) is 16.6. The number of likely N-dealkylation sites (tertiary alicyclic amines) is 1. The van der Waals surface area contributed by atoms with Crippen molar-refractivity contribution in [3.05, 3.63) is 59.2 Å². The van der Waals surface area contributed by atoms with Crippen molar-refractivity contribution in [3.8, 4) is 0 Å². The lowest BCUT2D eigenvalue weighted by molar-refractivity contribution is 0.0736. The van der Waals surface area contributed by atoms with Crippen molar-refractivity contribution >= 4 is 22.6 Å². The summed E-state index contributed by atoms with van der Waals surface area (Å²) < 4.78 is 0. The minimum Gasteiger partial charge on any atom is -0.382 e. The smallest absolute Gasteiger partial charge is 0.254 e. The van der Waals surface area contributed by atoms with Gasteiger partial charge in [-0.1, -0.05) is 38.1 Å². The van der Waals surface area contributed by atoms with Gasteiger partial charge in [0, 0.05) is 17.5 Å². The number of amides is 1. The Morgan fingerprint density at radius 1 is 1.23 bits per heavy atom. The number of rotatable bonds is 3. The molecule has 0 spiro atoms. The molecule has 0 saturated carbocycles. The second-order valence-electron chi connectivity index (χ2n) is 7.35. The van der Waals surface area contributed by atoms with Crippen LogP contribution in [-0.2, 0) is 0 Å². The highest BCUT2D eigenvalue weighted by molar-refractivity contribution is 6.00. The predicted octanol–water partition coefficient (Wildman–Crippen LogP) is 4.25. The average molecular weight is 348 g/mol. The number of nitrogen functional groups attached to an aromatic ring is 1. The molecule has 2 heterocycles. The monoisotopic (exact) mass is 348 g/mol. The highest BCUT2D eigenvalue weighted by Crippen LogP contribution is 2.34. The molecule has 0 aliphatic carbocycles. The van der Waals surface area contributed by atoms with Gasteiger partial charge >= 0.3 is 0 Å². The summed E-state index contributed by atoms with van der Waals surface area (Å²) in [6.45, 7) is 5.17. The number of carbonyl (C=O) groups excluding carboxylic acids is 1. The second-order valence-corrected chi connectivity index (χ2v) is 7.35. The zero-order valence-electron chi connectivity index (χ0n) is 15.2. The number of anilines is 1. The van der Waals surface area contributed by atoms with Crippen molar-refractivity contribution < 1.29 is 4.79 Å². The van der Waals surface area contributed by atoms with Crippen LogP contribution in [0.15, 0.2) is 42.5 Å². The molecule has 3 N–H and O–H groups in total. The third-order valence-corrected chi connectivity index (χ3v) is 5.34. The SMILES string of the molecule is CC(C)c1ccc([C@H]2CCCN2C(=O)c2ccc3[nH]nc(N)c3c2)cc1. The van der Waals surface area contributed by atoms with Gasteiger partial charge in [-0.15, -0.1) is 0 Å². The van der Waals surface area contributed by atoms with Crippen molar-refractivity contribution in [1.29, 1.82) is 0 Å². The molecule has 2 aromatic carbocycles. The number of carbonyl (C=O) groups is 1. The molecule has 0 radical (unpaired) electrons. The van der Waals surface area contributed by atoms with Gasteiger partial charge in [0.25, 0.3) is 5.91 Å². The molecule has 26 heavy (non-hydrogen) atoms. The number of fused-ring (bicyclic) bond motifs is 1. The van der Waals surface area contributed by atoms with Crippen LogP contribution in [0, 0.1) is 0 Å². The molecular formula is C21H24N4O. The van der Waals surface area contributed by atoms with E-state index in [0.717, 1.165) is 30.3 Å². The summed E-state index contributed by atoms with van der Waals surface area (Å²) in [6, 6.07) is 14.4. The van der Waals surface area contributed by atoms with Gasteiger partial charge in [-0.25, -0.2) is 0 Å². The topological polar surface area (TPSA) is 75.0 Å². The number of H-pyrrole nitrogens is 1. The molecule has 1 fully saturated rings. The summed E-state index contributed by atoms with van der Waals surface area (Å²) in [6.07, 6.45) is 2.03. The molecule has 0 bridgehead atoms. The third-order valence-electron chi connectivity index (χ3n) is 5.34. The Bertz CT molecular complexity index is 942. The van der Waals surface area contributed by atoms with Gasteiger partial charge in [-0.2, -0.15) is 5.10 Å². The number of nitrogens with one attached hydrogen (secondary N) is 1. The summed E-state index contributed by atoms with van der Waals surface area (Å²) >= 11 is 0. The Labute approximate surface area is 153 Å².